The van der Waals surface area contributed by atoms with E-state index in [1.54, 1.807) is 0 Å². The Morgan fingerprint density at radius 2 is 0.759 bits per heavy atom. The van der Waals surface area contributed by atoms with Crippen molar-refractivity contribution in [2.24, 2.45) is 0 Å². The van der Waals surface area contributed by atoms with E-state index in [-0.39, 0.29) is 0 Å². The van der Waals surface area contributed by atoms with E-state index in [0.29, 0.717) is 0 Å². The molecule has 2 heteroatoms. The minimum Gasteiger partial charge on any atom is -0.310 e. The van der Waals surface area contributed by atoms with Crippen molar-refractivity contribution in [3.05, 3.63) is 229 Å². The SMILES string of the molecule is CC1(c2ccccc2)c2cc(N(c3ccccc3)c3ccccc3)ccc2-c2c1c1ccc(N(c3ccccc3)c3ccccc3)cc1c1ccccc21. The molecule has 0 radical (unpaired) electrons. The van der Waals surface area contributed by atoms with E-state index in [0.717, 1.165) is 34.1 Å². The first kappa shape index (κ1) is 31.8. The molecule has 0 saturated carbocycles. The van der Waals surface area contributed by atoms with Gasteiger partial charge in [-0.2, -0.15) is 0 Å². The second-order valence-electron chi connectivity index (χ2n) is 14.3. The molecule has 0 bridgehead atoms. The standard InChI is InChI=1S/C52H38N2/c1-52(37-19-7-2-8-20-37)49-36-43(54(40-25-13-5-14-26-40)41-27-15-6-16-28-41)32-34-47(49)50-45-30-18-17-29-44(45)48-35-42(31-33-46(48)51(50)52)53(38-21-9-3-10-22-38)39-23-11-4-12-24-39/h2-36H,1H3. The third kappa shape index (κ3) is 5.03. The van der Waals surface area contributed by atoms with Crippen LogP contribution in [0.1, 0.15) is 23.6 Å². The van der Waals surface area contributed by atoms with E-state index in [9.17, 15) is 0 Å². The van der Waals surface area contributed by atoms with Crippen molar-refractivity contribution in [1.82, 2.24) is 0 Å². The first-order chi connectivity index (χ1) is 26.7. The zero-order valence-corrected chi connectivity index (χ0v) is 30.1. The highest BCUT2D eigenvalue weighted by atomic mass is 15.1. The summed E-state index contributed by atoms with van der Waals surface area (Å²) in [7, 11) is 0. The fourth-order valence-electron chi connectivity index (χ4n) is 8.83. The summed E-state index contributed by atoms with van der Waals surface area (Å²) in [6, 6.07) is 77.1. The highest BCUT2D eigenvalue weighted by Crippen LogP contribution is 2.58. The van der Waals surface area contributed by atoms with Crippen molar-refractivity contribution in [2.75, 3.05) is 9.80 Å². The molecule has 2 nitrogen and oxygen atoms in total. The number of para-hydroxylation sites is 4. The zero-order chi connectivity index (χ0) is 36.1. The number of rotatable bonds is 7. The van der Waals surface area contributed by atoms with Gasteiger partial charge in [0.1, 0.15) is 0 Å². The van der Waals surface area contributed by atoms with Gasteiger partial charge >= 0.3 is 0 Å². The lowest BCUT2D eigenvalue weighted by Gasteiger charge is -2.32. The predicted molar refractivity (Wildman–Crippen MR) is 228 cm³/mol. The molecule has 0 aliphatic heterocycles. The van der Waals surface area contributed by atoms with Gasteiger partial charge in [0, 0.05) is 39.5 Å². The fourth-order valence-corrected chi connectivity index (χ4v) is 8.83. The van der Waals surface area contributed by atoms with Crippen LogP contribution in [0.4, 0.5) is 34.1 Å². The van der Waals surface area contributed by atoms with Crippen LogP contribution in [0.25, 0.3) is 32.7 Å². The van der Waals surface area contributed by atoms with Crippen molar-refractivity contribution in [1.29, 1.82) is 0 Å². The Kier molecular flexibility index (Phi) is 7.63. The monoisotopic (exact) mass is 690 g/mol. The lowest BCUT2D eigenvalue weighted by Crippen LogP contribution is -2.23. The van der Waals surface area contributed by atoms with E-state index in [4.69, 9.17) is 0 Å². The first-order valence-corrected chi connectivity index (χ1v) is 18.7. The van der Waals surface area contributed by atoms with E-state index in [1.165, 1.54) is 49.4 Å². The van der Waals surface area contributed by atoms with Gasteiger partial charge in [-0.05, 0) is 129 Å². The summed E-state index contributed by atoms with van der Waals surface area (Å²) in [5.74, 6) is 0. The number of fused-ring (bicyclic) bond motifs is 8. The number of benzene rings is 9. The molecule has 0 heterocycles. The molecule has 0 saturated heterocycles. The summed E-state index contributed by atoms with van der Waals surface area (Å²) in [4.78, 5) is 4.74. The first-order valence-electron chi connectivity index (χ1n) is 18.7. The molecule has 1 aliphatic carbocycles. The number of hydrogen-bond acceptors (Lipinski definition) is 2. The number of anilines is 6. The summed E-state index contributed by atoms with van der Waals surface area (Å²) in [6.45, 7) is 2.44. The maximum atomic E-state index is 2.45. The van der Waals surface area contributed by atoms with E-state index < -0.39 is 5.41 Å². The topological polar surface area (TPSA) is 6.48 Å². The Bertz CT molecular complexity index is 2680. The van der Waals surface area contributed by atoms with Crippen LogP contribution in [0, 0.1) is 0 Å². The van der Waals surface area contributed by atoms with Gasteiger partial charge in [-0.1, -0.05) is 140 Å². The average molecular weight is 691 g/mol. The molecular weight excluding hydrogens is 653 g/mol. The summed E-state index contributed by atoms with van der Waals surface area (Å²) < 4.78 is 0. The van der Waals surface area contributed by atoms with Crippen LogP contribution in [0.3, 0.4) is 0 Å². The van der Waals surface area contributed by atoms with Crippen molar-refractivity contribution < 1.29 is 0 Å². The van der Waals surface area contributed by atoms with Crippen molar-refractivity contribution in [3.63, 3.8) is 0 Å². The molecule has 10 rings (SSSR count). The molecule has 0 spiro atoms. The van der Waals surface area contributed by atoms with Crippen LogP contribution < -0.4 is 9.80 Å². The highest BCUT2D eigenvalue weighted by molar-refractivity contribution is 6.19. The molecular formula is C52H38N2. The van der Waals surface area contributed by atoms with Gasteiger partial charge in [0.2, 0.25) is 0 Å². The van der Waals surface area contributed by atoms with E-state index in [1.807, 2.05) is 0 Å². The molecule has 0 aromatic heterocycles. The van der Waals surface area contributed by atoms with Gasteiger partial charge in [-0.15, -0.1) is 0 Å². The fraction of sp³-hybridized carbons (Fsp3) is 0.0385. The van der Waals surface area contributed by atoms with Crippen molar-refractivity contribution in [3.8, 4) is 11.1 Å². The minimum absolute atomic E-state index is 0.427. The maximum absolute atomic E-state index is 2.45. The molecule has 9 aromatic rings. The van der Waals surface area contributed by atoms with Crippen LogP contribution >= 0.6 is 0 Å². The second-order valence-corrected chi connectivity index (χ2v) is 14.3. The third-order valence-electron chi connectivity index (χ3n) is 11.2. The molecule has 1 unspecified atom stereocenters. The van der Waals surface area contributed by atoms with Crippen LogP contribution in [0.5, 0.6) is 0 Å². The lowest BCUT2D eigenvalue weighted by molar-refractivity contribution is 0.720. The Morgan fingerprint density at radius 1 is 0.333 bits per heavy atom. The minimum atomic E-state index is -0.427. The van der Waals surface area contributed by atoms with Gasteiger partial charge in [0.25, 0.3) is 0 Å². The summed E-state index contributed by atoms with van der Waals surface area (Å²) in [6.07, 6.45) is 0. The Labute approximate surface area is 316 Å². The zero-order valence-electron chi connectivity index (χ0n) is 30.1. The molecule has 9 aromatic carbocycles. The molecule has 1 aliphatic rings. The summed E-state index contributed by atoms with van der Waals surface area (Å²) in [5.41, 5.74) is 12.9. The van der Waals surface area contributed by atoms with Gasteiger partial charge in [0.05, 0.1) is 0 Å². The lowest BCUT2D eigenvalue weighted by atomic mass is 9.72. The Morgan fingerprint density at radius 3 is 1.28 bits per heavy atom. The normalized spacial score (nSPS) is 14.5. The molecule has 0 fully saturated rings. The van der Waals surface area contributed by atoms with Gasteiger partial charge in [-0.3, -0.25) is 0 Å². The molecule has 0 amide bonds. The van der Waals surface area contributed by atoms with Gasteiger partial charge in [0.15, 0.2) is 0 Å². The highest BCUT2D eigenvalue weighted by Gasteiger charge is 2.43. The van der Waals surface area contributed by atoms with Crippen LogP contribution in [-0.2, 0) is 5.41 Å². The maximum Gasteiger partial charge on any atom is 0.0468 e. The second kappa shape index (κ2) is 12.9. The van der Waals surface area contributed by atoms with Crippen molar-refractivity contribution >= 4 is 55.7 Å². The summed E-state index contributed by atoms with van der Waals surface area (Å²) >= 11 is 0. The quantitative estimate of drug-likeness (QED) is 0.154. The number of nitrogens with zero attached hydrogens (tertiary/aromatic N) is 2. The number of hydrogen-bond donors (Lipinski definition) is 0. The summed E-state index contributed by atoms with van der Waals surface area (Å²) in [5, 5.41) is 5.07. The molecule has 54 heavy (non-hydrogen) atoms. The smallest absolute Gasteiger partial charge is 0.0468 e. The van der Waals surface area contributed by atoms with E-state index >= 15 is 0 Å². The molecule has 0 N–H and O–H groups in total. The Hall–Kier alpha value is -6.90. The molecule has 256 valence electrons. The van der Waals surface area contributed by atoms with Gasteiger partial charge < -0.3 is 9.80 Å². The average Bonchev–Trinajstić information content (AvgIpc) is 3.52. The van der Waals surface area contributed by atoms with Crippen LogP contribution in [-0.4, -0.2) is 0 Å². The predicted octanol–water partition coefficient (Wildman–Crippen LogP) is 14.3. The largest absolute Gasteiger partial charge is 0.310 e. The Balaban J connectivity index is 1.25. The van der Waals surface area contributed by atoms with E-state index in [2.05, 4.69) is 229 Å². The molecule has 1 atom stereocenters. The van der Waals surface area contributed by atoms with Crippen LogP contribution in [0.2, 0.25) is 0 Å². The third-order valence-corrected chi connectivity index (χ3v) is 11.2. The van der Waals surface area contributed by atoms with Crippen LogP contribution in [0.15, 0.2) is 212 Å². The van der Waals surface area contributed by atoms with Gasteiger partial charge in [-0.25, -0.2) is 0 Å². The van der Waals surface area contributed by atoms with Crippen molar-refractivity contribution in [2.45, 2.75) is 12.3 Å².